The number of fused-ring (bicyclic) bond motifs is 3. The smallest absolute Gasteiger partial charge is 0.179 e. The quantitative estimate of drug-likeness (QED) is 0.108. The van der Waals surface area contributed by atoms with Gasteiger partial charge in [0.25, 0.3) is 0 Å². The lowest BCUT2D eigenvalue weighted by molar-refractivity contribution is 1.07. The molecule has 0 spiro atoms. The summed E-state index contributed by atoms with van der Waals surface area (Å²) in [6, 6.07) is 85.2. The van der Waals surface area contributed by atoms with Crippen molar-refractivity contribution in [2.45, 2.75) is 6.92 Å². The predicted octanol–water partition coefficient (Wildman–Crippen LogP) is 11.3. The zero-order valence-corrected chi connectivity index (χ0v) is 35.8. The van der Waals surface area contributed by atoms with Crippen molar-refractivity contribution in [3.8, 4) is 51.0 Å². The Hall–Kier alpha value is -7.99. The van der Waals surface area contributed by atoms with Crippen LogP contribution in [0.15, 0.2) is 237 Å². The van der Waals surface area contributed by atoms with Crippen molar-refractivity contribution in [2.75, 3.05) is 0 Å². The van der Waals surface area contributed by atoms with Gasteiger partial charge in [0.2, 0.25) is 0 Å². The van der Waals surface area contributed by atoms with Gasteiger partial charge in [0.15, 0.2) is 25.5 Å². The van der Waals surface area contributed by atoms with Crippen LogP contribution in [0.2, 0.25) is 0 Å². The molecule has 11 rings (SSSR count). The van der Waals surface area contributed by atoms with Crippen LogP contribution in [0.3, 0.4) is 0 Å². The first-order chi connectivity index (χ1) is 31.1. The predicted molar refractivity (Wildman–Crippen MR) is 264 cm³/mol. The molecule has 0 fully saturated rings. The van der Waals surface area contributed by atoms with Crippen molar-refractivity contribution in [3.05, 3.63) is 242 Å². The molecule has 0 amide bonds. The van der Waals surface area contributed by atoms with Crippen LogP contribution in [-0.4, -0.2) is 27.6 Å². The third-order valence-electron chi connectivity index (χ3n) is 12.3. The number of benzene rings is 9. The van der Waals surface area contributed by atoms with Gasteiger partial charge in [-0.2, -0.15) is 0 Å². The van der Waals surface area contributed by atoms with Gasteiger partial charge in [-0.25, -0.2) is 15.0 Å². The molecule has 2 aromatic heterocycles. The Morgan fingerprint density at radius 1 is 0.333 bits per heavy atom. The SMILES string of the molecule is Cc1ccc2c(c1)c1ccccc1n2-c1ccc(-c2nc(-c3ccccc3)nc(-c3ccccc3)n2)cc1-c1ccc([Si](c2ccccc2)(c2ccccc2)c2ccccc2)cc1. The molecule has 0 aliphatic carbocycles. The molecule has 2 heterocycles. The summed E-state index contributed by atoms with van der Waals surface area (Å²) in [5, 5.41) is 7.81. The normalized spacial score (nSPS) is 11.6. The number of aryl methyl sites for hydroxylation is 1. The van der Waals surface area contributed by atoms with E-state index in [9.17, 15) is 0 Å². The van der Waals surface area contributed by atoms with E-state index in [1.807, 2.05) is 36.4 Å². The molecule has 0 aliphatic rings. The van der Waals surface area contributed by atoms with E-state index in [2.05, 4.69) is 212 Å². The van der Waals surface area contributed by atoms with Crippen LogP contribution in [0, 0.1) is 6.92 Å². The van der Waals surface area contributed by atoms with Crippen molar-refractivity contribution >= 4 is 50.6 Å². The largest absolute Gasteiger partial charge is 0.309 e. The number of aromatic nitrogens is 4. The van der Waals surface area contributed by atoms with E-state index in [0.717, 1.165) is 44.5 Å². The van der Waals surface area contributed by atoms with Crippen molar-refractivity contribution < 1.29 is 0 Å². The van der Waals surface area contributed by atoms with Gasteiger partial charge >= 0.3 is 0 Å². The summed E-state index contributed by atoms with van der Waals surface area (Å²) in [4.78, 5) is 15.3. The first-order valence-electron chi connectivity index (χ1n) is 21.4. The van der Waals surface area contributed by atoms with Crippen LogP contribution < -0.4 is 20.7 Å². The summed E-state index contributed by atoms with van der Waals surface area (Å²) in [5.74, 6) is 1.89. The number of hydrogen-bond acceptors (Lipinski definition) is 3. The van der Waals surface area contributed by atoms with E-state index in [1.54, 1.807) is 0 Å². The van der Waals surface area contributed by atoms with Gasteiger partial charge < -0.3 is 4.57 Å². The fraction of sp³-hybridized carbons (Fsp3) is 0.0172. The van der Waals surface area contributed by atoms with E-state index in [0.29, 0.717) is 17.5 Å². The van der Waals surface area contributed by atoms with Crippen LogP contribution in [0.5, 0.6) is 0 Å². The summed E-state index contributed by atoms with van der Waals surface area (Å²) >= 11 is 0. The van der Waals surface area contributed by atoms with Crippen molar-refractivity contribution in [1.82, 2.24) is 19.5 Å². The molecule has 63 heavy (non-hydrogen) atoms. The second-order valence-electron chi connectivity index (χ2n) is 16.1. The lowest BCUT2D eigenvalue weighted by atomic mass is 10.00. The lowest BCUT2D eigenvalue weighted by Gasteiger charge is -2.34. The minimum absolute atomic E-state index is 0.619. The molecule has 0 unspecified atom stereocenters. The average Bonchev–Trinajstić information content (AvgIpc) is 3.69. The molecule has 5 heteroatoms. The molecule has 0 bridgehead atoms. The van der Waals surface area contributed by atoms with Crippen molar-refractivity contribution in [1.29, 1.82) is 0 Å². The first-order valence-corrected chi connectivity index (χ1v) is 23.4. The van der Waals surface area contributed by atoms with Crippen LogP contribution in [0.4, 0.5) is 0 Å². The summed E-state index contributed by atoms with van der Waals surface area (Å²) in [6.45, 7) is 2.17. The fourth-order valence-electron chi connectivity index (χ4n) is 9.35. The first kappa shape index (κ1) is 38.0. The van der Waals surface area contributed by atoms with Crippen LogP contribution in [-0.2, 0) is 0 Å². The Bertz CT molecular complexity index is 3220. The van der Waals surface area contributed by atoms with E-state index in [1.165, 1.54) is 37.1 Å². The second kappa shape index (κ2) is 16.1. The summed E-state index contributed by atoms with van der Waals surface area (Å²) in [7, 11) is -2.74. The van der Waals surface area contributed by atoms with Gasteiger partial charge in [0.05, 0.1) is 16.7 Å². The number of hydrogen-bond donors (Lipinski definition) is 0. The van der Waals surface area contributed by atoms with Crippen LogP contribution >= 0.6 is 0 Å². The van der Waals surface area contributed by atoms with E-state index < -0.39 is 8.07 Å². The Morgan fingerprint density at radius 2 is 0.762 bits per heavy atom. The summed E-state index contributed by atoms with van der Waals surface area (Å²) in [5.41, 5.74) is 9.61. The maximum Gasteiger partial charge on any atom is 0.179 e. The highest BCUT2D eigenvalue weighted by molar-refractivity contribution is 7.19. The Labute approximate surface area is 368 Å². The fourth-order valence-corrected chi connectivity index (χ4v) is 14.1. The van der Waals surface area contributed by atoms with Gasteiger partial charge in [-0.3, -0.25) is 0 Å². The number of nitrogens with zero attached hydrogens (tertiary/aromatic N) is 4. The molecule has 0 N–H and O–H groups in total. The lowest BCUT2D eigenvalue weighted by Crippen LogP contribution is -2.74. The molecule has 0 radical (unpaired) electrons. The number of para-hydroxylation sites is 1. The third-order valence-corrected chi connectivity index (χ3v) is 17.1. The minimum atomic E-state index is -2.74. The topological polar surface area (TPSA) is 43.6 Å². The minimum Gasteiger partial charge on any atom is -0.309 e. The van der Waals surface area contributed by atoms with Gasteiger partial charge in [0, 0.05) is 33.0 Å². The molecule has 0 saturated carbocycles. The summed E-state index contributed by atoms with van der Waals surface area (Å²) < 4.78 is 2.42. The van der Waals surface area contributed by atoms with Crippen LogP contribution in [0.25, 0.3) is 72.8 Å². The monoisotopic (exact) mass is 822 g/mol. The zero-order chi connectivity index (χ0) is 42.2. The molecule has 9 aromatic carbocycles. The molecule has 0 aliphatic heterocycles. The molecular formula is C58H42N4Si. The van der Waals surface area contributed by atoms with Gasteiger partial charge in [-0.1, -0.05) is 206 Å². The molecular weight excluding hydrogens is 781 g/mol. The molecule has 11 aromatic rings. The molecule has 0 saturated heterocycles. The van der Waals surface area contributed by atoms with Crippen molar-refractivity contribution in [2.24, 2.45) is 0 Å². The van der Waals surface area contributed by atoms with Gasteiger partial charge in [-0.05, 0) is 69.6 Å². The molecule has 0 atom stereocenters. The highest BCUT2D eigenvalue weighted by Gasteiger charge is 2.41. The van der Waals surface area contributed by atoms with E-state index >= 15 is 0 Å². The maximum atomic E-state index is 5.16. The van der Waals surface area contributed by atoms with E-state index in [4.69, 9.17) is 15.0 Å². The Balaban J connectivity index is 1.16. The van der Waals surface area contributed by atoms with Gasteiger partial charge in [-0.15, -0.1) is 0 Å². The number of rotatable bonds is 9. The Morgan fingerprint density at radius 3 is 1.30 bits per heavy atom. The standard InChI is InChI=1S/C58H42N4Si/c1-41-31-37-55-52(39-41)50-29-17-18-30-53(50)62(55)54-38-34-45(58-60-56(43-19-7-2-8-20-43)59-57(61-58)44-21-9-3-10-22-44)40-51(54)42-32-35-49(36-33-42)63(46-23-11-4-12-24-46,47-25-13-5-14-26-47)48-27-15-6-16-28-48/h2-40H,1H3. The average molecular weight is 823 g/mol. The zero-order valence-electron chi connectivity index (χ0n) is 34.8. The molecule has 298 valence electrons. The summed E-state index contributed by atoms with van der Waals surface area (Å²) in [6.07, 6.45) is 0. The van der Waals surface area contributed by atoms with Gasteiger partial charge in [0.1, 0.15) is 0 Å². The Kier molecular flexibility index (Phi) is 9.72. The van der Waals surface area contributed by atoms with Crippen LogP contribution in [0.1, 0.15) is 5.56 Å². The highest BCUT2D eigenvalue weighted by atomic mass is 28.3. The maximum absolute atomic E-state index is 5.16. The second-order valence-corrected chi connectivity index (χ2v) is 19.9. The highest BCUT2D eigenvalue weighted by Crippen LogP contribution is 2.38. The van der Waals surface area contributed by atoms with Crippen molar-refractivity contribution in [3.63, 3.8) is 0 Å². The molecule has 4 nitrogen and oxygen atoms in total. The third kappa shape index (κ3) is 6.76. The van der Waals surface area contributed by atoms with E-state index in [-0.39, 0.29) is 0 Å².